The van der Waals surface area contributed by atoms with Crippen LogP contribution in [0.15, 0.2) is 18.2 Å². The number of carbonyl (C=O) groups is 2. The molecule has 0 aliphatic rings. The Bertz CT molecular complexity index is 512. The number of carboxylic acids is 1. The van der Waals surface area contributed by atoms with Crippen molar-refractivity contribution in [1.29, 1.82) is 0 Å². The van der Waals surface area contributed by atoms with Crippen molar-refractivity contribution < 1.29 is 14.7 Å². The molecule has 0 radical (unpaired) electrons. The van der Waals surface area contributed by atoms with Crippen molar-refractivity contribution in [2.45, 2.75) is 40.2 Å². The lowest BCUT2D eigenvalue weighted by Crippen LogP contribution is -2.42. The van der Waals surface area contributed by atoms with E-state index in [4.69, 9.17) is 5.11 Å². The number of anilines is 1. The van der Waals surface area contributed by atoms with E-state index in [0.29, 0.717) is 6.42 Å². The monoisotopic (exact) mass is 292 g/mol. The van der Waals surface area contributed by atoms with Crippen molar-refractivity contribution in [2.75, 3.05) is 11.9 Å². The summed E-state index contributed by atoms with van der Waals surface area (Å²) in [6, 6.07) is 5.07. The van der Waals surface area contributed by atoms with Crippen LogP contribution in [0.1, 0.15) is 31.4 Å². The van der Waals surface area contributed by atoms with Crippen LogP contribution < -0.4 is 10.6 Å². The topological polar surface area (TPSA) is 78.4 Å². The standard InChI is InChI=1S/C16H24N2O3/c1-10(2)7-14(16(20)21)17-9-15(19)18-13-6-5-11(3)8-12(13)4/h5-6,8,10,14,17H,7,9H2,1-4H3,(H,18,19)(H,20,21). The molecule has 3 N–H and O–H groups in total. The van der Waals surface area contributed by atoms with Crippen LogP contribution in [0.4, 0.5) is 5.69 Å². The molecule has 0 saturated heterocycles. The fourth-order valence-corrected chi connectivity index (χ4v) is 2.11. The number of hydrogen-bond donors (Lipinski definition) is 3. The maximum atomic E-state index is 11.9. The fourth-order valence-electron chi connectivity index (χ4n) is 2.11. The van der Waals surface area contributed by atoms with Gasteiger partial charge in [0.1, 0.15) is 6.04 Å². The van der Waals surface area contributed by atoms with E-state index in [0.717, 1.165) is 16.8 Å². The molecule has 0 aliphatic heterocycles. The van der Waals surface area contributed by atoms with Crippen molar-refractivity contribution in [1.82, 2.24) is 5.32 Å². The molecule has 1 rings (SSSR count). The summed E-state index contributed by atoms with van der Waals surface area (Å²) >= 11 is 0. The lowest BCUT2D eigenvalue weighted by molar-refractivity contribution is -0.139. The first-order chi connectivity index (χ1) is 9.79. The molecule has 21 heavy (non-hydrogen) atoms. The molecular weight excluding hydrogens is 268 g/mol. The summed E-state index contributed by atoms with van der Waals surface area (Å²) in [7, 11) is 0. The average molecular weight is 292 g/mol. The summed E-state index contributed by atoms with van der Waals surface area (Å²) < 4.78 is 0. The lowest BCUT2D eigenvalue weighted by atomic mass is 10.0. The molecule has 0 saturated carbocycles. The van der Waals surface area contributed by atoms with Gasteiger partial charge in [0.25, 0.3) is 0 Å². The Labute approximate surface area is 125 Å². The maximum absolute atomic E-state index is 11.9. The van der Waals surface area contributed by atoms with Gasteiger partial charge in [-0.25, -0.2) is 0 Å². The maximum Gasteiger partial charge on any atom is 0.320 e. The van der Waals surface area contributed by atoms with Gasteiger partial charge in [0.05, 0.1) is 6.54 Å². The van der Waals surface area contributed by atoms with E-state index in [1.807, 2.05) is 45.9 Å². The highest BCUT2D eigenvalue weighted by Crippen LogP contribution is 2.15. The van der Waals surface area contributed by atoms with Gasteiger partial charge >= 0.3 is 5.97 Å². The van der Waals surface area contributed by atoms with Crippen molar-refractivity contribution in [3.05, 3.63) is 29.3 Å². The molecule has 1 aromatic rings. The minimum Gasteiger partial charge on any atom is -0.480 e. The molecule has 0 bridgehead atoms. The highest BCUT2D eigenvalue weighted by molar-refractivity contribution is 5.93. The number of aliphatic carboxylic acids is 1. The number of carboxylic acid groups (broad SMARTS) is 1. The zero-order valence-electron chi connectivity index (χ0n) is 13.1. The smallest absolute Gasteiger partial charge is 0.320 e. The van der Waals surface area contributed by atoms with Crippen molar-refractivity contribution >= 4 is 17.6 Å². The molecule has 1 amide bonds. The van der Waals surface area contributed by atoms with Crippen LogP contribution in [0.5, 0.6) is 0 Å². The van der Waals surface area contributed by atoms with Gasteiger partial charge in [-0.05, 0) is 37.8 Å². The Morgan fingerprint density at radius 2 is 1.90 bits per heavy atom. The number of amides is 1. The van der Waals surface area contributed by atoms with Crippen LogP contribution in [0.3, 0.4) is 0 Å². The Hall–Kier alpha value is -1.88. The summed E-state index contributed by atoms with van der Waals surface area (Å²) in [6.45, 7) is 7.80. The SMILES string of the molecule is Cc1ccc(NC(=O)CNC(CC(C)C)C(=O)O)c(C)c1. The number of aryl methyl sites for hydroxylation is 2. The molecule has 116 valence electrons. The third-order valence-electron chi connectivity index (χ3n) is 3.17. The predicted octanol–water partition coefficient (Wildman–Crippen LogP) is 2.33. The molecule has 0 aromatic heterocycles. The van der Waals surface area contributed by atoms with Gasteiger partial charge in [-0.2, -0.15) is 0 Å². The summed E-state index contributed by atoms with van der Waals surface area (Å²) in [5.74, 6) is -0.916. The third kappa shape index (κ3) is 5.95. The van der Waals surface area contributed by atoms with E-state index < -0.39 is 12.0 Å². The van der Waals surface area contributed by atoms with Gasteiger partial charge in [0, 0.05) is 5.69 Å². The van der Waals surface area contributed by atoms with Gasteiger partial charge in [0.15, 0.2) is 0 Å². The third-order valence-corrected chi connectivity index (χ3v) is 3.17. The van der Waals surface area contributed by atoms with Crippen molar-refractivity contribution in [3.63, 3.8) is 0 Å². The summed E-state index contributed by atoms with van der Waals surface area (Å²) in [5, 5.41) is 14.7. The second-order valence-electron chi connectivity index (χ2n) is 5.77. The van der Waals surface area contributed by atoms with Crippen LogP contribution in [-0.2, 0) is 9.59 Å². The quantitative estimate of drug-likeness (QED) is 0.720. The van der Waals surface area contributed by atoms with Crippen LogP contribution >= 0.6 is 0 Å². The van der Waals surface area contributed by atoms with Gasteiger partial charge in [-0.15, -0.1) is 0 Å². The second-order valence-corrected chi connectivity index (χ2v) is 5.77. The number of rotatable bonds is 7. The molecule has 5 nitrogen and oxygen atoms in total. The largest absolute Gasteiger partial charge is 0.480 e. The molecule has 1 unspecified atom stereocenters. The van der Waals surface area contributed by atoms with E-state index >= 15 is 0 Å². The van der Waals surface area contributed by atoms with Gasteiger partial charge in [-0.1, -0.05) is 31.5 Å². The Morgan fingerprint density at radius 1 is 1.24 bits per heavy atom. The molecule has 1 aromatic carbocycles. The highest BCUT2D eigenvalue weighted by Gasteiger charge is 2.19. The minimum atomic E-state index is -0.928. The normalized spacial score (nSPS) is 12.2. The second kappa shape index (κ2) is 7.78. The first-order valence-electron chi connectivity index (χ1n) is 7.13. The van der Waals surface area contributed by atoms with E-state index in [1.165, 1.54) is 0 Å². The Morgan fingerprint density at radius 3 is 2.43 bits per heavy atom. The first kappa shape index (κ1) is 17.2. The lowest BCUT2D eigenvalue weighted by Gasteiger charge is -2.16. The van der Waals surface area contributed by atoms with Crippen LogP contribution in [0.2, 0.25) is 0 Å². The molecule has 0 aliphatic carbocycles. The van der Waals surface area contributed by atoms with Crippen LogP contribution in [-0.4, -0.2) is 29.6 Å². The van der Waals surface area contributed by atoms with E-state index in [1.54, 1.807) is 0 Å². The van der Waals surface area contributed by atoms with Gasteiger partial charge < -0.3 is 10.4 Å². The average Bonchev–Trinajstić information content (AvgIpc) is 2.37. The number of carbonyl (C=O) groups excluding carboxylic acids is 1. The fraction of sp³-hybridized carbons (Fsp3) is 0.500. The molecule has 5 heteroatoms. The molecule has 1 atom stereocenters. The minimum absolute atomic E-state index is 0.0169. The number of nitrogens with one attached hydrogen (secondary N) is 2. The zero-order chi connectivity index (χ0) is 16.0. The van der Waals surface area contributed by atoms with Gasteiger partial charge in [0.2, 0.25) is 5.91 Å². The van der Waals surface area contributed by atoms with Crippen LogP contribution in [0, 0.1) is 19.8 Å². The summed E-state index contributed by atoms with van der Waals surface area (Å²) in [4.78, 5) is 23.0. The van der Waals surface area contributed by atoms with Gasteiger partial charge in [-0.3, -0.25) is 14.9 Å². The predicted molar refractivity (Wildman–Crippen MR) is 83.4 cm³/mol. The van der Waals surface area contributed by atoms with E-state index in [9.17, 15) is 9.59 Å². The number of hydrogen-bond acceptors (Lipinski definition) is 3. The van der Waals surface area contributed by atoms with Crippen molar-refractivity contribution in [3.8, 4) is 0 Å². The number of benzene rings is 1. The Kier molecular flexibility index (Phi) is 6.37. The summed E-state index contributed by atoms with van der Waals surface area (Å²) in [6.07, 6.45) is 0.492. The highest BCUT2D eigenvalue weighted by atomic mass is 16.4. The molecule has 0 spiro atoms. The van der Waals surface area contributed by atoms with Crippen LogP contribution in [0.25, 0.3) is 0 Å². The zero-order valence-corrected chi connectivity index (χ0v) is 13.1. The molecular formula is C16H24N2O3. The molecule has 0 fully saturated rings. The Balaban J connectivity index is 2.54. The first-order valence-corrected chi connectivity index (χ1v) is 7.13. The van der Waals surface area contributed by atoms with E-state index in [-0.39, 0.29) is 18.4 Å². The van der Waals surface area contributed by atoms with E-state index in [2.05, 4.69) is 10.6 Å². The van der Waals surface area contributed by atoms with Crippen molar-refractivity contribution in [2.24, 2.45) is 5.92 Å². The summed E-state index contributed by atoms with van der Waals surface area (Å²) in [5.41, 5.74) is 2.87. The molecule has 0 heterocycles.